The zero-order valence-electron chi connectivity index (χ0n) is 6.87. The summed E-state index contributed by atoms with van der Waals surface area (Å²) in [6.45, 7) is 3.51. The summed E-state index contributed by atoms with van der Waals surface area (Å²) in [7, 11) is 0. The average Bonchev–Trinajstić information content (AvgIpc) is 1.96. The zero-order valence-corrected chi connectivity index (χ0v) is 7.76. The maximum atomic E-state index is 10.5. The monoisotopic (exact) mass is 183 g/mol. The Morgan fingerprint density at radius 1 is 1.42 bits per heavy atom. The summed E-state index contributed by atoms with van der Waals surface area (Å²) < 4.78 is 0. The van der Waals surface area contributed by atoms with Crippen LogP contribution in [0.25, 0.3) is 0 Å². The lowest BCUT2D eigenvalue weighted by atomic mass is 10.1. The Balaban J connectivity index is 3.37. The summed E-state index contributed by atoms with van der Waals surface area (Å²) in [5.41, 5.74) is 1.62. The third-order valence-electron chi connectivity index (χ3n) is 1.69. The van der Waals surface area contributed by atoms with Crippen LogP contribution in [0, 0.1) is 24.0 Å². The van der Waals surface area contributed by atoms with Gasteiger partial charge in [0.15, 0.2) is 0 Å². The molecular weight excluding hydrogens is 174 g/mol. The standard InChI is InChI=1S/C8H9NO2S/c1-5-3-7(9(10)11)6(2)8(12)4-5/h3-4,12H,1-2H3. The fourth-order valence-corrected chi connectivity index (χ4v) is 1.33. The molecule has 4 heteroatoms. The lowest BCUT2D eigenvalue weighted by molar-refractivity contribution is -0.385. The first-order valence-electron chi connectivity index (χ1n) is 3.47. The number of hydrogen-bond donors (Lipinski definition) is 1. The highest BCUT2D eigenvalue weighted by molar-refractivity contribution is 7.80. The smallest absolute Gasteiger partial charge is 0.258 e. The van der Waals surface area contributed by atoms with E-state index in [0.29, 0.717) is 10.5 Å². The molecule has 0 unspecified atom stereocenters. The van der Waals surface area contributed by atoms with Crippen LogP contribution in [0.3, 0.4) is 0 Å². The van der Waals surface area contributed by atoms with Crippen molar-refractivity contribution in [2.24, 2.45) is 0 Å². The molecule has 0 heterocycles. The Morgan fingerprint density at radius 2 is 2.00 bits per heavy atom. The molecule has 12 heavy (non-hydrogen) atoms. The second-order valence-corrected chi connectivity index (χ2v) is 3.17. The number of aryl methyl sites for hydroxylation is 1. The second kappa shape index (κ2) is 3.15. The molecule has 0 N–H and O–H groups in total. The SMILES string of the molecule is Cc1cc(S)c(C)c([N+](=O)[O-])c1. The molecule has 3 nitrogen and oxygen atoms in total. The van der Waals surface area contributed by atoms with Crippen molar-refractivity contribution in [1.29, 1.82) is 0 Å². The molecule has 0 aliphatic heterocycles. The maximum Gasteiger partial charge on any atom is 0.273 e. The Kier molecular flexibility index (Phi) is 2.38. The largest absolute Gasteiger partial charge is 0.273 e. The summed E-state index contributed by atoms with van der Waals surface area (Å²) in [5.74, 6) is 0. The number of benzene rings is 1. The van der Waals surface area contributed by atoms with E-state index in [1.807, 2.05) is 13.0 Å². The van der Waals surface area contributed by atoms with E-state index in [9.17, 15) is 10.1 Å². The van der Waals surface area contributed by atoms with Crippen LogP contribution in [0.1, 0.15) is 11.1 Å². The Labute approximate surface area is 76.0 Å². The number of hydrogen-bond acceptors (Lipinski definition) is 3. The van der Waals surface area contributed by atoms with Gasteiger partial charge < -0.3 is 0 Å². The van der Waals surface area contributed by atoms with Crippen molar-refractivity contribution in [3.63, 3.8) is 0 Å². The van der Waals surface area contributed by atoms with Crippen molar-refractivity contribution < 1.29 is 4.92 Å². The normalized spacial score (nSPS) is 9.92. The van der Waals surface area contributed by atoms with E-state index in [0.717, 1.165) is 5.56 Å². The van der Waals surface area contributed by atoms with Gasteiger partial charge in [0.1, 0.15) is 0 Å². The molecule has 0 amide bonds. The van der Waals surface area contributed by atoms with Gasteiger partial charge in [-0.2, -0.15) is 0 Å². The third kappa shape index (κ3) is 1.58. The third-order valence-corrected chi connectivity index (χ3v) is 2.16. The molecule has 64 valence electrons. The van der Waals surface area contributed by atoms with Gasteiger partial charge >= 0.3 is 0 Å². The van der Waals surface area contributed by atoms with Gasteiger partial charge in [-0.15, -0.1) is 12.6 Å². The highest BCUT2D eigenvalue weighted by Gasteiger charge is 2.12. The molecule has 0 saturated carbocycles. The van der Waals surface area contributed by atoms with Crippen LogP contribution >= 0.6 is 12.6 Å². The lowest BCUT2D eigenvalue weighted by Gasteiger charge is -2.01. The predicted octanol–water partition coefficient (Wildman–Crippen LogP) is 2.50. The second-order valence-electron chi connectivity index (χ2n) is 2.69. The van der Waals surface area contributed by atoms with Crippen LogP contribution in [0.4, 0.5) is 5.69 Å². The summed E-state index contributed by atoms with van der Waals surface area (Å²) >= 11 is 4.13. The van der Waals surface area contributed by atoms with Gasteiger partial charge in [0.2, 0.25) is 0 Å². The van der Waals surface area contributed by atoms with Crippen molar-refractivity contribution in [2.45, 2.75) is 18.7 Å². The van der Waals surface area contributed by atoms with Crippen LogP contribution in [-0.4, -0.2) is 4.92 Å². The van der Waals surface area contributed by atoms with E-state index in [4.69, 9.17) is 0 Å². The number of thiol groups is 1. The lowest BCUT2D eigenvalue weighted by Crippen LogP contribution is -1.93. The first-order valence-corrected chi connectivity index (χ1v) is 3.91. The fourth-order valence-electron chi connectivity index (χ4n) is 1.01. The predicted molar refractivity (Wildman–Crippen MR) is 49.8 cm³/mol. The molecule has 0 aromatic heterocycles. The van der Waals surface area contributed by atoms with Crippen molar-refractivity contribution >= 4 is 18.3 Å². The minimum Gasteiger partial charge on any atom is -0.258 e. The molecule has 0 saturated heterocycles. The van der Waals surface area contributed by atoms with Crippen LogP contribution in [0.2, 0.25) is 0 Å². The van der Waals surface area contributed by atoms with Gasteiger partial charge in [-0.25, -0.2) is 0 Å². The Bertz CT molecular complexity index is 336. The van der Waals surface area contributed by atoms with Gasteiger partial charge in [0, 0.05) is 16.5 Å². The van der Waals surface area contributed by atoms with Crippen molar-refractivity contribution in [3.8, 4) is 0 Å². The summed E-state index contributed by atoms with van der Waals surface area (Å²) in [4.78, 5) is 10.8. The van der Waals surface area contributed by atoms with Crippen molar-refractivity contribution in [1.82, 2.24) is 0 Å². The summed E-state index contributed by atoms with van der Waals surface area (Å²) in [6, 6.07) is 3.36. The molecule has 0 aliphatic carbocycles. The van der Waals surface area contributed by atoms with Gasteiger partial charge in [-0.1, -0.05) is 0 Å². The molecule has 1 rings (SSSR count). The fraction of sp³-hybridized carbons (Fsp3) is 0.250. The van der Waals surface area contributed by atoms with Crippen molar-refractivity contribution in [2.75, 3.05) is 0 Å². The van der Waals surface area contributed by atoms with E-state index < -0.39 is 0 Å². The van der Waals surface area contributed by atoms with Crippen LogP contribution in [0.15, 0.2) is 17.0 Å². The molecule has 0 spiro atoms. The topological polar surface area (TPSA) is 43.1 Å². The first kappa shape index (κ1) is 9.06. The summed E-state index contributed by atoms with van der Waals surface area (Å²) in [5, 5.41) is 10.5. The molecule has 0 bridgehead atoms. The molecule has 0 radical (unpaired) electrons. The summed E-state index contributed by atoms with van der Waals surface area (Å²) in [6.07, 6.45) is 0. The number of rotatable bonds is 1. The average molecular weight is 183 g/mol. The van der Waals surface area contributed by atoms with E-state index in [2.05, 4.69) is 12.6 Å². The highest BCUT2D eigenvalue weighted by Crippen LogP contribution is 2.25. The Hall–Kier alpha value is -1.03. The van der Waals surface area contributed by atoms with Gasteiger partial charge in [-0.05, 0) is 25.5 Å². The van der Waals surface area contributed by atoms with Crippen LogP contribution in [-0.2, 0) is 0 Å². The van der Waals surface area contributed by atoms with E-state index in [1.54, 1.807) is 13.0 Å². The van der Waals surface area contributed by atoms with Gasteiger partial charge in [-0.3, -0.25) is 10.1 Å². The first-order chi connectivity index (χ1) is 5.52. The molecular formula is C8H9NO2S. The van der Waals surface area contributed by atoms with E-state index in [-0.39, 0.29) is 10.6 Å². The number of nitro groups is 1. The van der Waals surface area contributed by atoms with Crippen LogP contribution < -0.4 is 0 Å². The number of nitro benzene ring substituents is 1. The minimum atomic E-state index is -0.387. The molecule has 0 aliphatic rings. The number of nitrogens with zero attached hydrogens (tertiary/aromatic N) is 1. The van der Waals surface area contributed by atoms with Gasteiger partial charge in [0.05, 0.1) is 4.92 Å². The molecule has 0 atom stereocenters. The van der Waals surface area contributed by atoms with Crippen LogP contribution in [0.5, 0.6) is 0 Å². The van der Waals surface area contributed by atoms with Crippen molar-refractivity contribution in [3.05, 3.63) is 33.4 Å². The highest BCUT2D eigenvalue weighted by atomic mass is 32.1. The maximum absolute atomic E-state index is 10.5. The molecule has 0 fully saturated rings. The van der Waals surface area contributed by atoms with E-state index >= 15 is 0 Å². The molecule has 1 aromatic rings. The zero-order chi connectivity index (χ0) is 9.30. The van der Waals surface area contributed by atoms with Gasteiger partial charge in [0.25, 0.3) is 5.69 Å². The quantitative estimate of drug-likeness (QED) is 0.413. The Morgan fingerprint density at radius 3 is 2.50 bits per heavy atom. The minimum absolute atomic E-state index is 0.139. The molecule has 1 aromatic carbocycles. The van der Waals surface area contributed by atoms with E-state index in [1.165, 1.54) is 0 Å².